The Balaban J connectivity index is 1.73. The largest absolute Gasteiger partial charge is 0.309 e. The van der Waals surface area contributed by atoms with Crippen LogP contribution in [-0.4, -0.2) is 36.5 Å². The molecule has 0 saturated carbocycles. The molecule has 2 aromatic carbocycles. The summed E-state index contributed by atoms with van der Waals surface area (Å²) in [5.74, 6) is -1.59. The van der Waals surface area contributed by atoms with Crippen molar-refractivity contribution >= 4 is 11.6 Å². The molecule has 0 N–H and O–H groups in total. The molecule has 1 aliphatic heterocycles. The highest BCUT2D eigenvalue weighted by Gasteiger charge is 2.28. The number of likely N-dealkylation sites (tertiary alicyclic amines) is 1. The third-order valence-corrected chi connectivity index (χ3v) is 4.91. The Labute approximate surface area is 162 Å². The molecule has 1 heterocycles. The third-order valence-electron chi connectivity index (χ3n) is 4.91. The zero-order valence-electron chi connectivity index (χ0n) is 19.7. The van der Waals surface area contributed by atoms with E-state index in [2.05, 4.69) is 17.0 Å². The zero-order valence-corrected chi connectivity index (χ0v) is 14.7. The summed E-state index contributed by atoms with van der Waals surface area (Å²) in [6.45, 7) is -0.811. The second-order valence-electron chi connectivity index (χ2n) is 6.58. The van der Waals surface area contributed by atoms with Crippen LogP contribution in [0.3, 0.4) is 0 Å². The summed E-state index contributed by atoms with van der Waals surface area (Å²) in [5.41, 5.74) is 1.56. The number of rotatable bonds is 6. The Morgan fingerprint density at radius 3 is 2.54 bits per heavy atom. The minimum atomic E-state index is -3.10. The van der Waals surface area contributed by atoms with Gasteiger partial charge in [-0.3, -0.25) is 4.79 Å². The lowest BCUT2D eigenvalue weighted by Crippen LogP contribution is -2.47. The Bertz CT molecular complexity index is 866. The summed E-state index contributed by atoms with van der Waals surface area (Å²) >= 11 is 0. The van der Waals surface area contributed by atoms with E-state index in [1.165, 1.54) is 34.7 Å². The maximum Gasteiger partial charge on any atom is 0.226 e. The summed E-state index contributed by atoms with van der Waals surface area (Å²) in [6.07, 6.45) is -0.969. The van der Waals surface area contributed by atoms with Crippen molar-refractivity contribution in [2.75, 3.05) is 24.5 Å². The van der Waals surface area contributed by atoms with E-state index in [1.54, 1.807) is 0 Å². The molecule has 26 heavy (non-hydrogen) atoms. The van der Waals surface area contributed by atoms with Gasteiger partial charge >= 0.3 is 0 Å². The molecule has 138 valence electrons. The van der Waals surface area contributed by atoms with Crippen LogP contribution in [0, 0.1) is 5.82 Å². The average Bonchev–Trinajstić information content (AvgIpc) is 2.74. The summed E-state index contributed by atoms with van der Waals surface area (Å²) < 4.78 is 51.8. The van der Waals surface area contributed by atoms with E-state index < -0.39 is 24.9 Å². The van der Waals surface area contributed by atoms with E-state index in [0.717, 1.165) is 13.0 Å². The zero-order chi connectivity index (χ0) is 22.6. The molecule has 2 aromatic rings. The van der Waals surface area contributed by atoms with Crippen molar-refractivity contribution < 1.29 is 16.0 Å². The Morgan fingerprint density at radius 2 is 1.88 bits per heavy atom. The van der Waals surface area contributed by atoms with Crippen molar-refractivity contribution in [3.63, 3.8) is 0 Å². The Kier molecular flexibility index (Phi) is 4.49. The number of carbonyl (C=O) groups is 1. The van der Waals surface area contributed by atoms with Gasteiger partial charge < -0.3 is 9.80 Å². The standard InChI is InChI=1S/C22H27FN2O/c1-2-22(26)25(20-10-8-19(23)9-11-20)21-13-16-24(17-14-21)15-12-18-6-4-3-5-7-18/h3-11,21H,2,12-17H2,1H3/i1D3,2D2. The second kappa shape index (κ2) is 8.95. The number of hydrogen-bond acceptors (Lipinski definition) is 2. The number of amides is 1. The van der Waals surface area contributed by atoms with Crippen LogP contribution in [0.25, 0.3) is 0 Å². The molecular weight excluding hydrogens is 327 g/mol. The van der Waals surface area contributed by atoms with Gasteiger partial charge in [0.05, 0.1) is 0 Å². The van der Waals surface area contributed by atoms with E-state index in [4.69, 9.17) is 6.85 Å². The van der Waals surface area contributed by atoms with Gasteiger partial charge in [-0.15, -0.1) is 0 Å². The first-order valence-electron chi connectivity index (χ1n) is 11.4. The summed E-state index contributed by atoms with van der Waals surface area (Å²) in [6, 6.07) is 15.0. The monoisotopic (exact) mass is 359 g/mol. The average molecular weight is 359 g/mol. The molecule has 1 amide bonds. The smallest absolute Gasteiger partial charge is 0.226 e. The number of halogens is 1. The molecule has 1 saturated heterocycles. The first-order valence-corrected chi connectivity index (χ1v) is 8.95. The molecule has 0 unspecified atom stereocenters. The summed E-state index contributed by atoms with van der Waals surface area (Å²) in [7, 11) is 0. The van der Waals surface area contributed by atoms with Crippen molar-refractivity contribution in [2.24, 2.45) is 0 Å². The van der Waals surface area contributed by atoms with Gasteiger partial charge in [0.15, 0.2) is 0 Å². The van der Waals surface area contributed by atoms with Gasteiger partial charge in [0.25, 0.3) is 0 Å². The van der Waals surface area contributed by atoms with Gasteiger partial charge in [0, 0.05) is 44.6 Å². The van der Waals surface area contributed by atoms with Crippen LogP contribution in [0.15, 0.2) is 54.6 Å². The van der Waals surface area contributed by atoms with Gasteiger partial charge in [0.2, 0.25) is 5.91 Å². The lowest BCUT2D eigenvalue weighted by atomic mass is 10.0. The predicted octanol–water partition coefficient (Wildman–Crippen LogP) is 4.28. The lowest BCUT2D eigenvalue weighted by molar-refractivity contribution is -0.119. The van der Waals surface area contributed by atoms with E-state index in [1.807, 2.05) is 18.2 Å². The fourth-order valence-electron chi connectivity index (χ4n) is 3.49. The van der Waals surface area contributed by atoms with Crippen LogP contribution in [0.2, 0.25) is 0 Å². The maximum atomic E-state index is 13.4. The minimum Gasteiger partial charge on any atom is -0.309 e. The van der Waals surface area contributed by atoms with E-state index in [-0.39, 0.29) is 6.04 Å². The van der Waals surface area contributed by atoms with Gasteiger partial charge in [0.1, 0.15) is 5.82 Å². The normalized spacial score (nSPS) is 19.7. The molecule has 0 aromatic heterocycles. The molecule has 0 radical (unpaired) electrons. The van der Waals surface area contributed by atoms with Gasteiger partial charge in [-0.25, -0.2) is 4.39 Å². The lowest BCUT2D eigenvalue weighted by Gasteiger charge is -2.38. The molecule has 3 nitrogen and oxygen atoms in total. The molecule has 4 heteroatoms. The SMILES string of the molecule is [2H]C([2H])([2H])C([2H])([2H])C(=O)N(c1ccc(F)cc1)C1CCN(CCc2ccccc2)CC1. The number of anilines is 1. The van der Waals surface area contributed by atoms with E-state index >= 15 is 0 Å². The molecule has 1 fully saturated rings. The Hall–Kier alpha value is -2.20. The van der Waals surface area contributed by atoms with Crippen LogP contribution in [-0.2, 0) is 11.2 Å². The number of piperidine rings is 1. The number of hydrogen-bond donors (Lipinski definition) is 0. The molecule has 1 aliphatic rings. The highest BCUT2D eigenvalue weighted by molar-refractivity contribution is 5.93. The van der Waals surface area contributed by atoms with Crippen LogP contribution in [0.1, 0.15) is 38.5 Å². The van der Waals surface area contributed by atoms with Gasteiger partial charge in [-0.1, -0.05) is 37.2 Å². The minimum absolute atomic E-state index is 0.308. The van der Waals surface area contributed by atoms with Crippen LogP contribution in [0.5, 0.6) is 0 Å². The van der Waals surface area contributed by atoms with Crippen molar-refractivity contribution in [2.45, 2.75) is 38.5 Å². The molecule has 0 aliphatic carbocycles. The first kappa shape index (κ1) is 13.0. The molecule has 0 spiro atoms. The number of benzene rings is 2. The van der Waals surface area contributed by atoms with Crippen LogP contribution < -0.4 is 4.90 Å². The number of nitrogens with zero attached hydrogens (tertiary/aromatic N) is 2. The topological polar surface area (TPSA) is 23.6 Å². The maximum absolute atomic E-state index is 13.4. The second-order valence-corrected chi connectivity index (χ2v) is 6.58. The van der Waals surface area contributed by atoms with Crippen molar-refractivity contribution in [1.82, 2.24) is 4.90 Å². The van der Waals surface area contributed by atoms with Gasteiger partial charge in [-0.2, -0.15) is 0 Å². The molecule has 0 bridgehead atoms. The third kappa shape index (κ3) is 4.70. The van der Waals surface area contributed by atoms with Crippen molar-refractivity contribution in [3.05, 3.63) is 66.0 Å². The first-order chi connectivity index (χ1) is 14.6. The van der Waals surface area contributed by atoms with E-state index in [0.29, 0.717) is 31.6 Å². The van der Waals surface area contributed by atoms with Crippen molar-refractivity contribution in [1.29, 1.82) is 0 Å². The summed E-state index contributed by atoms with van der Waals surface area (Å²) in [4.78, 5) is 16.6. The van der Waals surface area contributed by atoms with Gasteiger partial charge in [-0.05, 0) is 49.1 Å². The summed E-state index contributed by atoms with van der Waals surface area (Å²) in [5, 5.41) is 0. The predicted molar refractivity (Wildman–Crippen MR) is 104 cm³/mol. The quantitative estimate of drug-likeness (QED) is 0.769. The number of carbonyl (C=O) groups excluding carboxylic acids is 1. The van der Waals surface area contributed by atoms with Crippen LogP contribution in [0.4, 0.5) is 10.1 Å². The molecular formula is C22H27FN2O. The van der Waals surface area contributed by atoms with Crippen LogP contribution >= 0.6 is 0 Å². The highest BCUT2D eigenvalue weighted by atomic mass is 19.1. The fraction of sp³-hybridized carbons (Fsp3) is 0.409. The van der Waals surface area contributed by atoms with Crippen molar-refractivity contribution in [3.8, 4) is 0 Å². The highest BCUT2D eigenvalue weighted by Crippen LogP contribution is 2.25. The molecule has 3 rings (SSSR count). The Morgan fingerprint density at radius 1 is 1.19 bits per heavy atom. The fourth-order valence-corrected chi connectivity index (χ4v) is 3.49. The van der Waals surface area contributed by atoms with E-state index in [9.17, 15) is 9.18 Å². The molecule has 0 atom stereocenters.